The lowest BCUT2D eigenvalue weighted by Crippen LogP contribution is -2.63. The van der Waals surface area contributed by atoms with Crippen molar-refractivity contribution in [2.24, 2.45) is 0 Å². The fraction of sp³-hybridized carbons (Fsp3) is 1.00. The fourth-order valence-corrected chi connectivity index (χ4v) is 2.27. The molecule has 78 valence electrons. The first-order valence-corrected chi connectivity index (χ1v) is 4.84. The molecular weight excluding hydrogens is 166 g/mol. The SMILES string of the molecule is COC1CCC(C)(C)N(O)C1(C)C. The smallest absolute Gasteiger partial charge is 0.0773 e. The molecule has 0 spiro atoms. The number of methoxy groups -OCH3 is 1. The Bertz CT molecular complexity index is 189. The van der Waals surface area contributed by atoms with Crippen molar-refractivity contribution in [2.45, 2.75) is 57.7 Å². The molecule has 1 aliphatic rings. The molecule has 0 aromatic rings. The number of hydrogen-bond acceptors (Lipinski definition) is 3. The van der Waals surface area contributed by atoms with E-state index in [0.29, 0.717) is 0 Å². The molecule has 1 N–H and O–H groups in total. The monoisotopic (exact) mass is 187 g/mol. The van der Waals surface area contributed by atoms with Crippen molar-refractivity contribution >= 4 is 0 Å². The highest BCUT2D eigenvalue weighted by atomic mass is 16.5. The third-order valence-electron chi connectivity index (χ3n) is 3.21. The van der Waals surface area contributed by atoms with Gasteiger partial charge in [-0.15, -0.1) is 0 Å². The van der Waals surface area contributed by atoms with Crippen molar-refractivity contribution in [2.75, 3.05) is 7.11 Å². The van der Waals surface area contributed by atoms with Crippen LogP contribution in [0.15, 0.2) is 0 Å². The Hall–Kier alpha value is -0.120. The van der Waals surface area contributed by atoms with E-state index in [2.05, 4.69) is 13.8 Å². The zero-order valence-corrected chi connectivity index (χ0v) is 9.29. The summed E-state index contributed by atoms with van der Waals surface area (Å²) in [5.41, 5.74) is -0.435. The standard InChI is InChI=1S/C10H21NO2/c1-9(2)7-6-8(13-5)10(3,4)11(9)12/h8,12H,6-7H2,1-5H3. The Labute approximate surface area is 80.6 Å². The van der Waals surface area contributed by atoms with E-state index < -0.39 is 0 Å². The summed E-state index contributed by atoms with van der Waals surface area (Å²) in [5.74, 6) is 0. The van der Waals surface area contributed by atoms with Crippen molar-refractivity contribution in [1.29, 1.82) is 0 Å². The van der Waals surface area contributed by atoms with Gasteiger partial charge in [0.25, 0.3) is 0 Å². The second kappa shape index (κ2) is 3.23. The van der Waals surface area contributed by atoms with E-state index in [0.717, 1.165) is 12.8 Å². The minimum Gasteiger partial charge on any atom is -0.379 e. The van der Waals surface area contributed by atoms with Crippen LogP contribution in [0, 0.1) is 0 Å². The molecule has 1 heterocycles. The van der Waals surface area contributed by atoms with E-state index in [9.17, 15) is 5.21 Å². The number of nitrogens with zero attached hydrogens (tertiary/aromatic N) is 1. The van der Waals surface area contributed by atoms with E-state index in [1.165, 1.54) is 5.06 Å². The van der Waals surface area contributed by atoms with E-state index in [4.69, 9.17) is 4.74 Å². The number of hydroxylamine groups is 2. The second-order valence-electron chi connectivity index (χ2n) is 5.04. The van der Waals surface area contributed by atoms with Gasteiger partial charge in [0.05, 0.1) is 11.6 Å². The zero-order valence-electron chi connectivity index (χ0n) is 9.29. The summed E-state index contributed by atoms with van der Waals surface area (Å²) in [6.07, 6.45) is 2.09. The molecule has 13 heavy (non-hydrogen) atoms. The molecule has 1 saturated heterocycles. The maximum absolute atomic E-state index is 10.0. The summed E-state index contributed by atoms with van der Waals surface area (Å²) in [7, 11) is 1.71. The van der Waals surface area contributed by atoms with E-state index in [1.807, 2.05) is 13.8 Å². The molecule has 0 aromatic carbocycles. The number of hydrogen-bond donors (Lipinski definition) is 1. The molecule has 0 amide bonds. The molecule has 1 rings (SSSR count). The molecule has 1 aliphatic heterocycles. The quantitative estimate of drug-likeness (QED) is 0.682. The normalized spacial score (nSPS) is 33.2. The summed E-state index contributed by atoms with van der Waals surface area (Å²) in [6.45, 7) is 8.14. The summed E-state index contributed by atoms with van der Waals surface area (Å²) >= 11 is 0. The van der Waals surface area contributed by atoms with Crippen LogP contribution in [-0.2, 0) is 4.74 Å². The number of rotatable bonds is 1. The molecule has 0 aliphatic carbocycles. The van der Waals surface area contributed by atoms with Crippen LogP contribution in [0.2, 0.25) is 0 Å². The topological polar surface area (TPSA) is 32.7 Å². The molecule has 1 fully saturated rings. The maximum atomic E-state index is 10.0. The minimum absolute atomic E-state index is 0.116. The molecule has 0 aromatic heterocycles. The maximum Gasteiger partial charge on any atom is 0.0773 e. The fourth-order valence-electron chi connectivity index (χ4n) is 2.27. The van der Waals surface area contributed by atoms with Gasteiger partial charge in [0, 0.05) is 12.6 Å². The lowest BCUT2D eigenvalue weighted by Gasteiger charge is -2.52. The molecule has 0 bridgehead atoms. The van der Waals surface area contributed by atoms with Gasteiger partial charge < -0.3 is 9.94 Å². The van der Waals surface area contributed by atoms with Crippen molar-refractivity contribution in [3.05, 3.63) is 0 Å². The van der Waals surface area contributed by atoms with Gasteiger partial charge in [-0.3, -0.25) is 0 Å². The van der Waals surface area contributed by atoms with E-state index >= 15 is 0 Å². The number of piperidine rings is 1. The summed E-state index contributed by atoms with van der Waals surface area (Å²) < 4.78 is 5.37. The van der Waals surface area contributed by atoms with Crippen LogP contribution < -0.4 is 0 Å². The van der Waals surface area contributed by atoms with Gasteiger partial charge >= 0.3 is 0 Å². The van der Waals surface area contributed by atoms with Crippen molar-refractivity contribution in [3.8, 4) is 0 Å². The van der Waals surface area contributed by atoms with Crippen molar-refractivity contribution < 1.29 is 9.94 Å². The van der Waals surface area contributed by atoms with Gasteiger partial charge in [-0.05, 0) is 40.5 Å². The van der Waals surface area contributed by atoms with Crippen LogP contribution in [0.3, 0.4) is 0 Å². The summed E-state index contributed by atoms with van der Waals surface area (Å²) in [4.78, 5) is 0. The summed E-state index contributed by atoms with van der Waals surface area (Å²) in [5, 5.41) is 11.5. The molecular formula is C10H21NO2. The Morgan fingerprint density at radius 2 is 1.85 bits per heavy atom. The molecule has 1 unspecified atom stereocenters. The first-order valence-electron chi connectivity index (χ1n) is 4.84. The highest BCUT2D eigenvalue weighted by Gasteiger charge is 2.47. The average Bonchev–Trinajstić information content (AvgIpc) is 2.01. The largest absolute Gasteiger partial charge is 0.379 e. The molecule has 0 saturated carbocycles. The van der Waals surface area contributed by atoms with Crippen molar-refractivity contribution in [3.63, 3.8) is 0 Å². The third-order valence-corrected chi connectivity index (χ3v) is 3.21. The van der Waals surface area contributed by atoms with E-state index in [1.54, 1.807) is 7.11 Å². The lowest BCUT2D eigenvalue weighted by molar-refractivity contribution is -0.273. The van der Waals surface area contributed by atoms with Gasteiger partial charge in [-0.1, -0.05) is 0 Å². The second-order valence-corrected chi connectivity index (χ2v) is 5.04. The number of ether oxygens (including phenoxy) is 1. The van der Waals surface area contributed by atoms with Crippen molar-refractivity contribution in [1.82, 2.24) is 5.06 Å². The van der Waals surface area contributed by atoms with Crippen LogP contribution in [-0.4, -0.2) is 34.6 Å². The van der Waals surface area contributed by atoms with Crippen LogP contribution in [0.4, 0.5) is 0 Å². The lowest BCUT2D eigenvalue weighted by atomic mass is 9.80. The predicted octanol–water partition coefficient (Wildman–Crippen LogP) is 2.04. The Morgan fingerprint density at radius 1 is 1.31 bits per heavy atom. The van der Waals surface area contributed by atoms with E-state index in [-0.39, 0.29) is 17.2 Å². The summed E-state index contributed by atoms with van der Waals surface area (Å²) in [6, 6.07) is 0. The van der Waals surface area contributed by atoms with Gasteiger partial charge in [-0.2, -0.15) is 5.06 Å². The van der Waals surface area contributed by atoms with Crippen LogP contribution in [0.25, 0.3) is 0 Å². The highest BCUT2D eigenvalue weighted by Crippen LogP contribution is 2.37. The van der Waals surface area contributed by atoms with Crippen LogP contribution in [0.1, 0.15) is 40.5 Å². The third kappa shape index (κ3) is 1.73. The highest BCUT2D eigenvalue weighted by molar-refractivity contribution is 4.98. The van der Waals surface area contributed by atoms with Gasteiger partial charge in [0.1, 0.15) is 0 Å². The Morgan fingerprint density at radius 3 is 2.31 bits per heavy atom. The van der Waals surface area contributed by atoms with Crippen LogP contribution in [0.5, 0.6) is 0 Å². The Kier molecular flexibility index (Phi) is 2.72. The average molecular weight is 187 g/mol. The molecule has 0 radical (unpaired) electrons. The van der Waals surface area contributed by atoms with Gasteiger partial charge in [-0.25, -0.2) is 0 Å². The molecule has 1 atom stereocenters. The molecule has 3 heteroatoms. The predicted molar refractivity (Wildman–Crippen MR) is 51.8 cm³/mol. The molecule has 3 nitrogen and oxygen atoms in total. The Balaban J connectivity index is 2.85. The minimum atomic E-state index is -0.295. The first kappa shape index (κ1) is 11.0. The zero-order chi connectivity index (χ0) is 10.3. The van der Waals surface area contributed by atoms with Crippen LogP contribution >= 0.6 is 0 Å². The van der Waals surface area contributed by atoms with Gasteiger partial charge in [0.15, 0.2) is 0 Å². The first-order chi connectivity index (χ1) is 5.82. The van der Waals surface area contributed by atoms with Gasteiger partial charge in [0.2, 0.25) is 0 Å².